The Labute approximate surface area is 358 Å². The van der Waals surface area contributed by atoms with Crippen LogP contribution in [0.2, 0.25) is 0 Å². The molecule has 5 nitrogen and oxygen atoms in total. The number of fused-ring (bicyclic) bond motifs is 7. The second-order valence-corrected chi connectivity index (χ2v) is 15.8. The maximum absolute atomic E-state index is 5.35. The van der Waals surface area contributed by atoms with Crippen molar-refractivity contribution >= 4 is 65.7 Å². The molecule has 12 rings (SSSR count). The third-order valence-corrected chi connectivity index (χ3v) is 12.2. The molecule has 0 amide bonds. The molecule has 1 unspecified atom stereocenters. The molecular formula is C57H37N5. The summed E-state index contributed by atoms with van der Waals surface area (Å²) in [6, 6.07) is 71.0. The van der Waals surface area contributed by atoms with Crippen molar-refractivity contribution in [1.82, 2.24) is 15.3 Å². The van der Waals surface area contributed by atoms with Crippen LogP contribution < -0.4 is 5.32 Å². The molecule has 9 aromatic carbocycles. The quantitative estimate of drug-likeness (QED) is 0.171. The molecule has 1 aliphatic heterocycles. The van der Waals surface area contributed by atoms with Gasteiger partial charge in [0.2, 0.25) is 0 Å². The van der Waals surface area contributed by atoms with Crippen molar-refractivity contribution in [2.75, 3.05) is 0 Å². The number of hydrogen-bond donors (Lipinski definition) is 1. The summed E-state index contributed by atoms with van der Waals surface area (Å²) in [6.45, 7) is 0. The van der Waals surface area contributed by atoms with E-state index in [1.54, 1.807) is 0 Å². The van der Waals surface area contributed by atoms with Gasteiger partial charge >= 0.3 is 0 Å². The molecule has 3 heterocycles. The summed E-state index contributed by atoms with van der Waals surface area (Å²) in [7, 11) is 0. The van der Waals surface area contributed by atoms with Crippen LogP contribution in [0.1, 0.15) is 22.9 Å². The van der Waals surface area contributed by atoms with E-state index in [2.05, 4.69) is 186 Å². The summed E-state index contributed by atoms with van der Waals surface area (Å²) in [6.07, 6.45) is 3.49. The zero-order chi connectivity index (χ0) is 41.0. The molecule has 0 aliphatic carbocycles. The van der Waals surface area contributed by atoms with E-state index < -0.39 is 0 Å². The number of aliphatic imine (C=N–C) groups is 2. The highest BCUT2D eigenvalue weighted by molar-refractivity contribution is 6.18. The van der Waals surface area contributed by atoms with E-state index in [9.17, 15) is 0 Å². The van der Waals surface area contributed by atoms with Gasteiger partial charge in [-0.15, -0.1) is 0 Å². The molecule has 5 heteroatoms. The molecule has 0 bridgehead atoms. The summed E-state index contributed by atoms with van der Waals surface area (Å²) >= 11 is 0. The average Bonchev–Trinajstić information content (AvgIpc) is 3.35. The molecule has 2 aromatic heterocycles. The van der Waals surface area contributed by atoms with Crippen LogP contribution in [0.25, 0.3) is 87.5 Å². The van der Waals surface area contributed by atoms with Crippen molar-refractivity contribution < 1.29 is 0 Å². The predicted octanol–water partition coefficient (Wildman–Crippen LogP) is 13.7. The largest absolute Gasteiger partial charge is 0.344 e. The molecule has 0 radical (unpaired) electrons. The van der Waals surface area contributed by atoms with Crippen LogP contribution in [0.3, 0.4) is 0 Å². The fourth-order valence-corrected chi connectivity index (χ4v) is 9.26. The number of hydrogen-bond acceptors (Lipinski definition) is 5. The fourth-order valence-electron chi connectivity index (χ4n) is 9.26. The summed E-state index contributed by atoms with van der Waals surface area (Å²) in [5, 5.41) is 14.0. The molecule has 0 saturated heterocycles. The van der Waals surface area contributed by atoms with E-state index in [0.29, 0.717) is 5.84 Å². The predicted molar refractivity (Wildman–Crippen MR) is 258 cm³/mol. The lowest BCUT2D eigenvalue weighted by Gasteiger charge is -2.24. The lowest BCUT2D eigenvalue weighted by molar-refractivity contribution is 0.674. The first-order chi connectivity index (χ1) is 30.7. The molecule has 0 saturated carbocycles. The minimum absolute atomic E-state index is 0.327. The van der Waals surface area contributed by atoms with Crippen LogP contribution in [0, 0.1) is 0 Å². The minimum atomic E-state index is -0.327. The van der Waals surface area contributed by atoms with E-state index >= 15 is 0 Å². The molecule has 11 aromatic rings. The standard InChI is InChI=1S/C57H37N5/c1-3-15-36(16-4-1)55-60-56(37-17-5-2-6-18-37)62-57(61-55)41-32-39(31-40(33-41)51-34-38-19-7-8-20-42(38)44-21-9-10-22-47(44)51)43-24-13-26-46-45(43)25-14-27-50(46)54-52-35-58-30-29-48(52)49-23-11-12-28-53(49)59-54/h1-35,55H,(H,60,61,62). The van der Waals surface area contributed by atoms with Gasteiger partial charge in [0.15, 0.2) is 5.84 Å². The van der Waals surface area contributed by atoms with Gasteiger partial charge in [-0.3, -0.25) is 4.98 Å². The van der Waals surface area contributed by atoms with Crippen LogP contribution in [0.15, 0.2) is 223 Å². The van der Waals surface area contributed by atoms with E-state index in [-0.39, 0.29) is 6.17 Å². The molecule has 290 valence electrons. The molecule has 0 spiro atoms. The normalized spacial score (nSPS) is 14.0. The lowest BCUT2D eigenvalue weighted by Crippen LogP contribution is -2.33. The van der Waals surface area contributed by atoms with Crippen LogP contribution >= 0.6 is 0 Å². The zero-order valence-electron chi connectivity index (χ0n) is 33.6. The number of nitrogens with zero attached hydrogens (tertiary/aromatic N) is 4. The molecule has 1 N–H and O–H groups in total. The topological polar surface area (TPSA) is 62.5 Å². The maximum atomic E-state index is 5.35. The Balaban J connectivity index is 1.12. The van der Waals surface area contributed by atoms with Gasteiger partial charge in [0.25, 0.3) is 0 Å². The van der Waals surface area contributed by atoms with Gasteiger partial charge in [-0.25, -0.2) is 15.0 Å². The Morgan fingerprint density at radius 2 is 1.00 bits per heavy atom. The van der Waals surface area contributed by atoms with Crippen molar-refractivity contribution in [3.8, 4) is 33.5 Å². The number of benzene rings is 9. The van der Waals surface area contributed by atoms with Crippen molar-refractivity contribution in [3.63, 3.8) is 0 Å². The zero-order valence-corrected chi connectivity index (χ0v) is 33.6. The lowest BCUT2D eigenvalue weighted by atomic mass is 9.88. The van der Waals surface area contributed by atoms with Crippen molar-refractivity contribution in [2.24, 2.45) is 9.98 Å². The number of nitrogens with one attached hydrogen (secondary N) is 1. The molecule has 1 aliphatic rings. The third-order valence-electron chi connectivity index (χ3n) is 12.2. The summed E-state index contributed by atoms with van der Waals surface area (Å²) < 4.78 is 0. The first kappa shape index (κ1) is 35.6. The van der Waals surface area contributed by atoms with Crippen molar-refractivity contribution in [2.45, 2.75) is 6.17 Å². The fraction of sp³-hybridized carbons (Fsp3) is 0.0175. The third kappa shape index (κ3) is 6.10. The summed E-state index contributed by atoms with van der Waals surface area (Å²) in [4.78, 5) is 20.5. The summed E-state index contributed by atoms with van der Waals surface area (Å²) in [5.74, 6) is 1.46. The molecular weight excluding hydrogens is 755 g/mol. The Morgan fingerprint density at radius 1 is 0.403 bits per heavy atom. The van der Waals surface area contributed by atoms with E-state index in [1.807, 2.05) is 36.7 Å². The molecule has 0 fully saturated rings. The first-order valence-electron chi connectivity index (χ1n) is 21.0. The van der Waals surface area contributed by atoms with Gasteiger partial charge in [0.1, 0.15) is 12.0 Å². The van der Waals surface area contributed by atoms with Gasteiger partial charge in [-0.05, 0) is 102 Å². The highest BCUT2D eigenvalue weighted by Gasteiger charge is 2.23. The first-order valence-corrected chi connectivity index (χ1v) is 21.0. The average molecular weight is 792 g/mol. The number of para-hydroxylation sites is 1. The minimum Gasteiger partial charge on any atom is -0.344 e. The van der Waals surface area contributed by atoms with Gasteiger partial charge < -0.3 is 5.32 Å². The summed E-state index contributed by atoms with van der Waals surface area (Å²) in [5.41, 5.74) is 10.4. The second kappa shape index (κ2) is 14.8. The Hall–Kier alpha value is -8.28. The van der Waals surface area contributed by atoms with Gasteiger partial charge in [-0.2, -0.15) is 0 Å². The van der Waals surface area contributed by atoms with Crippen molar-refractivity contribution in [1.29, 1.82) is 0 Å². The van der Waals surface area contributed by atoms with Crippen LogP contribution in [-0.2, 0) is 0 Å². The van der Waals surface area contributed by atoms with Crippen molar-refractivity contribution in [3.05, 3.63) is 229 Å². The van der Waals surface area contributed by atoms with Crippen LogP contribution in [0.5, 0.6) is 0 Å². The van der Waals surface area contributed by atoms with E-state index in [0.717, 1.165) is 88.5 Å². The van der Waals surface area contributed by atoms with Crippen LogP contribution in [0.4, 0.5) is 0 Å². The van der Waals surface area contributed by atoms with Gasteiger partial charge in [0.05, 0.1) is 11.2 Å². The van der Waals surface area contributed by atoms with Crippen LogP contribution in [-0.4, -0.2) is 21.6 Å². The number of rotatable bonds is 6. The Kier molecular flexibility index (Phi) is 8.49. The Morgan fingerprint density at radius 3 is 1.82 bits per heavy atom. The second-order valence-electron chi connectivity index (χ2n) is 15.8. The maximum Gasteiger partial charge on any atom is 0.159 e. The van der Waals surface area contributed by atoms with E-state index in [4.69, 9.17) is 15.0 Å². The highest BCUT2D eigenvalue weighted by atomic mass is 15.2. The Bertz CT molecular complexity index is 3610. The molecule has 62 heavy (non-hydrogen) atoms. The number of pyridine rings is 2. The number of amidine groups is 2. The van der Waals surface area contributed by atoms with Gasteiger partial charge in [-0.1, -0.05) is 164 Å². The number of aromatic nitrogens is 2. The van der Waals surface area contributed by atoms with E-state index in [1.165, 1.54) is 21.5 Å². The molecule has 1 atom stereocenters. The smallest absolute Gasteiger partial charge is 0.159 e. The monoisotopic (exact) mass is 791 g/mol. The van der Waals surface area contributed by atoms with Gasteiger partial charge in [0, 0.05) is 39.9 Å². The SMILES string of the molecule is c1ccc(C2=NC(c3cc(-c4cccc5c(-c6nc7ccccc7c7ccncc67)cccc45)cc(-c4cc5ccccc5c5ccccc45)c3)=NC(c3ccccc3)N2)cc1. The highest BCUT2D eigenvalue weighted by Crippen LogP contribution is 2.42.